The van der Waals surface area contributed by atoms with Gasteiger partial charge in [0.25, 0.3) is 10.0 Å². The number of esters is 2. The Morgan fingerprint density at radius 3 is 1.80 bits per heavy atom. The third kappa shape index (κ3) is 5.99. The fourth-order valence-corrected chi connectivity index (χ4v) is 3.49. The van der Waals surface area contributed by atoms with Crippen LogP contribution in [0.15, 0.2) is 41.3 Å². The van der Waals surface area contributed by atoms with Crippen LogP contribution in [0.4, 0.5) is 14.5 Å². The average molecular weight is 441 g/mol. The minimum Gasteiger partial charge on any atom is -0.459 e. The van der Waals surface area contributed by atoms with Crippen molar-refractivity contribution in [1.82, 2.24) is 0 Å². The molecule has 7 nitrogen and oxygen atoms in total. The largest absolute Gasteiger partial charge is 0.459 e. The Kier molecular flexibility index (Phi) is 7.14. The highest BCUT2D eigenvalue weighted by Gasteiger charge is 2.22. The van der Waals surface area contributed by atoms with Gasteiger partial charge in [0.1, 0.15) is 16.5 Å². The van der Waals surface area contributed by atoms with E-state index in [2.05, 4.69) is 4.72 Å². The maximum atomic E-state index is 13.9. The van der Waals surface area contributed by atoms with Crippen molar-refractivity contribution in [1.29, 1.82) is 0 Å². The van der Waals surface area contributed by atoms with Gasteiger partial charge >= 0.3 is 11.9 Å². The van der Waals surface area contributed by atoms with Gasteiger partial charge in [0.05, 0.1) is 29.0 Å². The minimum absolute atomic E-state index is 0.112. The third-order valence-corrected chi connectivity index (χ3v) is 4.94. The van der Waals surface area contributed by atoms with Gasteiger partial charge in [-0.3, -0.25) is 4.72 Å². The summed E-state index contributed by atoms with van der Waals surface area (Å²) in [6.45, 7) is 6.48. The van der Waals surface area contributed by atoms with Gasteiger partial charge in [-0.25, -0.2) is 26.8 Å². The SMILES string of the molecule is CC(C)OC(=O)c1cc(NS(=O)(=O)c2ccc(F)cc2F)cc(C(=O)OC(C)C)c1. The number of rotatable bonds is 7. The molecule has 0 aliphatic heterocycles. The van der Waals surface area contributed by atoms with Gasteiger partial charge in [0.2, 0.25) is 0 Å². The van der Waals surface area contributed by atoms with Crippen molar-refractivity contribution in [3.8, 4) is 0 Å². The molecule has 1 N–H and O–H groups in total. The first-order chi connectivity index (χ1) is 13.9. The lowest BCUT2D eigenvalue weighted by molar-refractivity contribution is 0.0377. The molecule has 10 heteroatoms. The Hall–Kier alpha value is -3.01. The van der Waals surface area contributed by atoms with Crippen molar-refractivity contribution in [2.24, 2.45) is 0 Å². The van der Waals surface area contributed by atoms with Crippen LogP contribution < -0.4 is 4.72 Å². The molecule has 0 aromatic heterocycles. The predicted molar refractivity (Wildman–Crippen MR) is 105 cm³/mol. The summed E-state index contributed by atoms with van der Waals surface area (Å²) in [6, 6.07) is 5.45. The van der Waals surface area contributed by atoms with Crippen LogP contribution in [0, 0.1) is 11.6 Å². The maximum absolute atomic E-state index is 13.9. The van der Waals surface area contributed by atoms with Gasteiger partial charge in [-0.1, -0.05) is 0 Å². The van der Waals surface area contributed by atoms with Crippen LogP contribution in [0.5, 0.6) is 0 Å². The van der Waals surface area contributed by atoms with Crippen molar-refractivity contribution in [2.45, 2.75) is 44.8 Å². The van der Waals surface area contributed by atoms with E-state index in [9.17, 15) is 26.8 Å². The number of hydrogen-bond acceptors (Lipinski definition) is 6. The zero-order valence-corrected chi connectivity index (χ0v) is 17.5. The van der Waals surface area contributed by atoms with E-state index in [-0.39, 0.29) is 16.8 Å². The van der Waals surface area contributed by atoms with Crippen LogP contribution in [-0.4, -0.2) is 32.6 Å². The first-order valence-corrected chi connectivity index (χ1v) is 10.4. The zero-order chi connectivity index (χ0) is 22.6. The van der Waals surface area contributed by atoms with E-state index in [4.69, 9.17) is 9.47 Å². The van der Waals surface area contributed by atoms with Crippen molar-refractivity contribution in [2.75, 3.05) is 4.72 Å². The summed E-state index contributed by atoms with van der Waals surface area (Å²) in [5.74, 6) is -3.82. The summed E-state index contributed by atoms with van der Waals surface area (Å²) in [4.78, 5) is 23.8. The van der Waals surface area contributed by atoms with E-state index < -0.39 is 50.7 Å². The highest BCUT2D eigenvalue weighted by molar-refractivity contribution is 7.92. The predicted octanol–water partition coefficient (Wildman–Crippen LogP) is 3.90. The molecular formula is C20H21F2NO6S. The third-order valence-electron chi connectivity index (χ3n) is 3.53. The lowest BCUT2D eigenvalue weighted by Crippen LogP contribution is -2.18. The first-order valence-electron chi connectivity index (χ1n) is 8.94. The van der Waals surface area contributed by atoms with Crippen LogP contribution in [0.25, 0.3) is 0 Å². The van der Waals surface area contributed by atoms with Gasteiger partial charge in [0, 0.05) is 6.07 Å². The minimum atomic E-state index is -4.49. The quantitative estimate of drug-likeness (QED) is 0.655. The van der Waals surface area contributed by atoms with E-state index in [1.54, 1.807) is 27.7 Å². The van der Waals surface area contributed by atoms with Crippen LogP contribution in [0.2, 0.25) is 0 Å². The number of anilines is 1. The molecule has 0 unspecified atom stereocenters. The zero-order valence-electron chi connectivity index (χ0n) is 16.7. The molecule has 0 atom stereocenters. The molecule has 0 saturated heterocycles. The van der Waals surface area contributed by atoms with Crippen molar-refractivity contribution in [3.05, 3.63) is 59.2 Å². The van der Waals surface area contributed by atoms with Gasteiger partial charge in [0.15, 0.2) is 0 Å². The van der Waals surface area contributed by atoms with E-state index in [1.807, 2.05) is 0 Å². The van der Waals surface area contributed by atoms with Crippen molar-refractivity contribution < 1.29 is 36.3 Å². The number of ether oxygens (including phenoxy) is 2. The number of carbonyl (C=O) groups is 2. The molecule has 0 radical (unpaired) electrons. The summed E-state index contributed by atoms with van der Waals surface area (Å²) in [5.41, 5.74) is -0.425. The Labute approximate surface area is 173 Å². The standard InChI is InChI=1S/C20H21F2NO6S/c1-11(2)28-19(24)13-7-14(20(25)29-12(3)4)9-16(8-13)23-30(26,27)18-6-5-15(21)10-17(18)22/h5-12,23H,1-4H3. The van der Waals surface area contributed by atoms with E-state index >= 15 is 0 Å². The topological polar surface area (TPSA) is 98.8 Å². The Morgan fingerprint density at radius 2 is 1.37 bits per heavy atom. The van der Waals surface area contributed by atoms with Crippen molar-refractivity contribution in [3.63, 3.8) is 0 Å². The summed E-state index contributed by atoms with van der Waals surface area (Å²) < 4.78 is 64.4. The molecule has 0 fully saturated rings. The molecule has 0 spiro atoms. The fourth-order valence-electron chi connectivity index (χ4n) is 2.39. The average Bonchev–Trinajstić information content (AvgIpc) is 2.59. The molecule has 0 bridgehead atoms. The molecule has 162 valence electrons. The second kappa shape index (κ2) is 9.21. The maximum Gasteiger partial charge on any atom is 0.338 e. The van der Waals surface area contributed by atoms with Gasteiger partial charge in [-0.15, -0.1) is 0 Å². The summed E-state index contributed by atoms with van der Waals surface area (Å²) >= 11 is 0. The highest BCUT2D eigenvalue weighted by atomic mass is 32.2. The van der Waals surface area contributed by atoms with Crippen LogP contribution >= 0.6 is 0 Å². The van der Waals surface area contributed by atoms with Gasteiger partial charge in [-0.05, 0) is 58.0 Å². The van der Waals surface area contributed by atoms with Crippen LogP contribution in [-0.2, 0) is 19.5 Å². The number of nitrogens with one attached hydrogen (secondary N) is 1. The molecule has 2 aromatic rings. The summed E-state index contributed by atoms with van der Waals surface area (Å²) in [5, 5.41) is 0. The molecule has 0 amide bonds. The second-order valence-electron chi connectivity index (χ2n) is 6.89. The number of sulfonamides is 1. The Bertz CT molecular complexity index is 1030. The van der Waals surface area contributed by atoms with Gasteiger partial charge in [-0.2, -0.15) is 0 Å². The molecule has 0 heterocycles. The van der Waals surface area contributed by atoms with E-state index in [0.29, 0.717) is 6.07 Å². The normalized spacial score (nSPS) is 11.5. The smallest absolute Gasteiger partial charge is 0.338 e. The highest BCUT2D eigenvalue weighted by Crippen LogP contribution is 2.23. The Balaban J connectivity index is 2.49. The lowest BCUT2D eigenvalue weighted by atomic mass is 10.1. The Morgan fingerprint density at radius 1 is 0.867 bits per heavy atom. The summed E-state index contributed by atoms with van der Waals surface area (Å²) in [7, 11) is -4.49. The molecule has 0 saturated carbocycles. The molecule has 2 rings (SSSR count). The second-order valence-corrected chi connectivity index (χ2v) is 8.54. The fraction of sp³-hybridized carbons (Fsp3) is 0.300. The lowest BCUT2D eigenvalue weighted by Gasteiger charge is -2.14. The van der Waals surface area contributed by atoms with Crippen LogP contribution in [0.3, 0.4) is 0 Å². The molecule has 0 aliphatic rings. The van der Waals surface area contributed by atoms with E-state index in [1.165, 1.54) is 6.07 Å². The molecule has 30 heavy (non-hydrogen) atoms. The van der Waals surface area contributed by atoms with Gasteiger partial charge < -0.3 is 9.47 Å². The first kappa shape index (κ1) is 23.3. The monoisotopic (exact) mass is 441 g/mol. The molecule has 2 aromatic carbocycles. The number of benzene rings is 2. The summed E-state index contributed by atoms with van der Waals surface area (Å²) in [6.07, 6.45) is -0.922. The number of carbonyl (C=O) groups excluding carboxylic acids is 2. The number of hydrogen-bond donors (Lipinski definition) is 1. The molecular weight excluding hydrogens is 420 g/mol. The molecule has 0 aliphatic carbocycles. The van der Waals surface area contributed by atoms with Crippen molar-refractivity contribution >= 4 is 27.6 Å². The van der Waals surface area contributed by atoms with E-state index in [0.717, 1.165) is 24.3 Å². The van der Waals surface area contributed by atoms with Crippen LogP contribution in [0.1, 0.15) is 48.4 Å². The number of halogens is 2.